The van der Waals surface area contributed by atoms with E-state index >= 15 is 0 Å². The lowest BCUT2D eigenvalue weighted by atomic mass is 9.92. The van der Waals surface area contributed by atoms with E-state index < -0.39 is 0 Å². The second-order valence-electron chi connectivity index (χ2n) is 4.86. The third-order valence-electron chi connectivity index (χ3n) is 3.45. The first kappa shape index (κ1) is 12.6. The fourth-order valence-corrected chi connectivity index (χ4v) is 2.76. The van der Waals surface area contributed by atoms with Gasteiger partial charge in [-0.05, 0) is 37.3 Å². The van der Waals surface area contributed by atoms with Crippen LogP contribution >= 0.6 is 11.6 Å². The quantitative estimate of drug-likeness (QED) is 0.773. The van der Waals surface area contributed by atoms with E-state index in [0.29, 0.717) is 5.28 Å². The van der Waals surface area contributed by atoms with E-state index in [1.165, 1.54) is 25.7 Å². The van der Waals surface area contributed by atoms with Gasteiger partial charge in [0, 0.05) is 24.8 Å². The molecule has 94 valence electrons. The average Bonchev–Trinajstić information content (AvgIpc) is 2.29. The van der Waals surface area contributed by atoms with Crippen LogP contribution < -0.4 is 4.90 Å². The van der Waals surface area contributed by atoms with Crippen molar-refractivity contribution in [3.05, 3.63) is 17.0 Å². The fraction of sp³-hybridized carbons (Fsp3) is 0.692. The van der Waals surface area contributed by atoms with Gasteiger partial charge in [-0.15, -0.1) is 0 Å². The molecule has 3 nitrogen and oxygen atoms in total. The van der Waals surface area contributed by atoms with Crippen molar-refractivity contribution < 1.29 is 0 Å². The maximum absolute atomic E-state index is 5.90. The van der Waals surface area contributed by atoms with Crippen molar-refractivity contribution in [2.24, 2.45) is 5.92 Å². The first-order chi connectivity index (χ1) is 8.19. The summed E-state index contributed by atoms with van der Waals surface area (Å²) in [6.07, 6.45) is 5.20. The lowest BCUT2D eigenvalue weighted by molar-refractivity contribution is 0.377. The number of aromatic nitrogens is 2. The molecule has 0 aliphatic carbocycles. The van der Waals surface area contributed by atoms with Crippen molar-refractivity contribution in [3.63, 3.8) is 0 Å². The molecule has 1 fully saturated rings. The predicted molar refractivity (Wildman–Crippen MR) is 71.6 cm³/mol. The topological polar surface area (TPSA) is 29.0 Å². The highest BCUT2D eigenvalue weighted by atomic mass is 35.5. The molecule has 17 heavy (non-hydrogen) atoms. The Morgan fingerprint density at radius 2 is 2.06 bits per heavy atom. The van der Waals surface area contributed by atoms with Gasteiger partial charge in [0.15, 0.2) is 0 Å². The summed E-state index contributed by atoms with van der Waals surface area (Å²) < 4.78 is 0. The summed E-state index contributed by atoms with van der Waals surface area (Å²) in [6, 6.07) is 2.02. The maximum atomic E-state index is 5.90. The van der Waals surface area contributed by atoms with Crippen molar-refractivity contribution in [3.8, 4) is 0 Å². The zero-order valence-electron chi connectivity index (χ0n) is 10.6. The molecule has 1 saturated heterocycles. The molecule has 2 heterocycles. The standard InChI is InChI=1S/C13H20ClN3/c1-3-4-11-5-7-17(8-6-11)12-9-10(2)15-13(14)16-12/h9,11H,3-8H2,1-2H3. The average molecular weight is 254 g/mol. The van der Waals surface area contributed by atoms with E-state index in [1.807, 2.05) is 13.0 Å². The summed E-state index contributed by atoms with van der Waals surface area (Å²) in [4.78, 5) is 10.7. The van der Waals surface area contributed by atoms with Crippen molar-refractivity contribution in [2.75, 3.05) is 18.0 Å². The molecule has 1 aliphatic heterocycles. The Morgan fingerprint density at radius 3 is 2.65 bits per heavy atom. The Kier molecular flexibility index (Phi) is 4.21. The van der Waals surface area contributed by atoms with Gasteiger partial charge in [-0.3, -0.25) is 0 Å². The molecule has 1 aromatic rings. The second kappa shape index (κ2) is 5.67. The van der Waals surface area contributed by atoms with Crippen LogP contribution in [0.5, 0.6) is 0 Å². The summed E-state index contributed by atoms with van der Waals surface area (Å²) in [5.74, 6) is 1.88. The van der Waals surface area contributed by atoms with Gasteiger partial charge in [0.2, 0.25) is 5.28 Å². The summed E-state index contributed by atoms with van der Waals surface area (Å²) in [5.41, 5.74) is 0.940. The smallest absolute Gasteiger partial charge is 0.224 e. The molecular weight excluding hydrogens is 234 g/mol. The van der Waals surface area contributed by atoms with Crippen LogP contribution in [-0.2, 0) is 0 Å². The highest BCUT2D eigenvalue weighted by molar-refractivity contribution is 6.28. The molecule has 0 atom stereocenters. The van der Waals surface area contributed by atoms with Crippen LogP contribution in [0.1, 0.15) is 38.3 Å². The fourth-order valence-electron chi connectivity index (χ4n) is 2.54. The highest BCUT2D eigenvalue weighted by Gasteiger charge is 2.19. The Morgan fingerprint density at radius 1 is 1.35 bits per heavy atom. The van der Waals surface area contributed by atoms with E-state index in [0.717, 1.165) is 30.5 Å². The Labute approximate surface area is 108 Å². The van der Waals surface area contributed by atoms with Crippen molar-refractivity contribution in [1.82, 2.24) is 9.97 Å². The molecule has 0 saturated carbocycles. The first-order valence-corrected chi connectivity index (χ1v) is 6.83. The minimum atomic E-state index is 0.357. The van der Waals surface area contributed by atoms with E-state index in [4.69, 9.17) is 11.6 Å². The molecule has 0 amide bonds. The minimum Gasteiger partial charge on any atom is -0.356 e. The van der Waals surface area contributed by atoms with Gasteiger partial charge in [0.25, 0.3) is 0 Å². The molecule has 1 aromatic heterocycles. The minimum absolute atomic E-state index is 0.357. The van der Waals surface area contributed by atoms with Crippen molar-refractivity contribution >= 4 is 17.4 Å². The third-order valence-corrected chi connectivity index (χ3v) is 3.62. The molecule has 2 rings (SSSR count). The molecule has 0 N–H and O–H groups in total. The summed E-state index contributed by atoms with van der Waals surface area (Å²) in [7, 11) is 0. The number of aryl methyl sites for hydroxylation is 1. The number of piperidine rings is 1. The Balaban J connectivity index is 2.00. The summed E-state index contributed by atoms with van der Waals surface area (Å²) in [5, 5.41) is 0.357. The molecular formula is C13H20ClN3. The van der Waals surface area contributed by atoms with Crippen molar-refractivity contribution in [1.29, 1.82) is 0 Å². The van der Waals surface area contributed by atoms with E-state index in [1.54, 1.807) is 0 Å². The summed E-state index contributed by atoms with van der Waals surface area (Å²) >= 11 is 5.90. The Bertz CT molecular complexity index is 353. The zero-order valence-corrected chi connectivity index (χ0v) is 11.4. The number of rotatable bonds is 3. The lowest BCUT2D eigenvalue weighted by Crippen LogP contribution is -2.34. The van der Waals surface area contributed by atoms with Crippen LogP contribution in [0.4, 0.5) is 5.82 Å². The number of hydrogen-bond donors (Lipinski definition) is 0. The first-order valence-electron chi connectivity index (χ1n) is 6.45. The lowest BCUT2D eigenvalue weighted by Gasteiger charge is -2.32. The van der Waals surface area contributed by atoms with Gasteiger partial charge in [-0.25, -0.2) is 9.97 Å². The summed E-state index contributed by atoms with van der Waals surface area (Å²) in [6.45, 7) is 6.41. The number of halogens is 1. The second-order valence-corrected chi connectivity index (χ2v) is 5.19. The zero-order chi connectivity index (χ0) is 12.3. The van der Waals surface area contributed by atoms with E-state index in [2.05, 4.69) is 21.8 Å². The molecule has 0 bridgehead atoms. The Hall–Kier alpha value is -0.830. The van der Waals surface area contributed by atoms with Crippen molar-refractivity contribution in [2.45, 2.75) is 39.5 Å². The van der Waals surface area contributed by atoms with Crippen LogP contribution in [-0.4, -0.2) is 23.1 Å². The molecule has 0 spiro atoms. The van der Waals surface area contributed by atoms with Crippen LogP contribution in [0.3, 0.4) is 0 Å². The molecule has 0 unspecified atom stereocenters. The molecule has 1 aliphatic rings. The molecule has 0 aromatic carbocycles. The van der Waals surface area contributed by atoms with Gasteiger partial charge >= 0.3 is 0 Å². The highest BCUT2D eigenvalue weighted by Crippen LogP contribution is 2.25. The van der Waals surface area contributed by atoms with Crippen LogP contribution in [0, 0.1) is 12.8 Å². The van der Waals surface area contributed by atoms with Gasteiger partial charge in [0.1, 0.15) is 5.82 Å². The molecule has 0 radical (unpaired) electrons. The van der Waals surface area contributed by atoms with E-state index in [-0.39, 0.29) is 0 Å². The van der Waals surface area contributed by atoms with Crippen LogP contribution in [0.15, 0.2) is 6.07 Å². The number of hydrogen-bond acceptors (Lipinski definition) is 3. The number of anilines is 1. The largest absolute Gasteiger partial charge is 0.356 e. The van der Waals surface area contributed by atoms with Gasteiger partial charge in [-0.1, -0.05) is 19.8 Å². The third kappa shape index (κ3) is 3.32. The van der Waals surface area contributed by atoms with Crippen LogP contribution in [0.25, 0.3) is 0 Å². The van der Waals surface area contributed by atoms with Crippen LogP contribution in [0.2, 0.25) is 5.28 Å². The van der Waals surface area contributed by atoms with Gasteiger partial charge < -0.3 is 4.90 Å². The monoisotopic (exact) mass is 253 g/mol. The maximum Gasteiger partial charge on any atom is 0.224 e. The van der Waals surface area contributed by atoms with Gasteiger partial charge in [-0.2, -0.15) is 0 Å². The normalized spacial score (nSPS) is 17.5. The SMILES string of the molecule is CCCC1CCN(c2cc(C)nc(Cl)n2)CC1. The molecule has 4 heteroatoms. The van der Waals surface area contributed by atoms with Gasteiger partial charge in [0.05, 0.1) is 0 Å². The van der Waals surface area contributed by atoms with E-state index in [9.17, 15) is 0 Å². The predicted octanol–water partition coefficient (Wildman–Crippen LogP) is 3.45. The number of nitrogens with zero attached hydrogens (tertiary/aromatic N) is 3.